The zero-order valence-corrected chi connectivity index (χ0v) is 11.3. The molecule has 3 rings (SSSR count). The van der Waals surface area contributed by atoms with E-state index in [0.717, 1.165) is 21.9 Å². The second kappa shape index (κ2) is 4.63. The summed E-state index contributed by atoms with van der Waals surface area (Å²) in [6.45, 7) is 2.71. The van der Waals surface area contributed by atoms with E-state index in [0.29, 0.717) is 0 Å². The summed E-state index contributed by atoms with van der Waals surface area (Å²) in [6.07, 6.45) is -1.14. The minimum absolute atomic E-state index is 0.392. The van der Waals surface area contributed by atoms with Crippen LogP contribution in [-0.4, -0.2) is 11.9 Å². The van der Waals surface area contributed by atoms with E-state index in [4.69, 9.17) is 9.47 Å². The summed E-state index contributed by atoms with van der Waals surface area (Å²) in [5, 5.41) is 2.05. The quantitative estimate of drug-likeness (QED) is 0.787. The molecule has 1 aliphatic carbocycles. The molecule has 4 nitrogen and oxygen atoms in total. The number of ether oxygens (including phenoxy) is 2. The second-order valence-electron chi connectivity index (χ2n) is 4.85. The van der Waals surface area contributed by atoms with Gasteiger partial charge in [-0.1, -0.05) is 36.4 Å². The van der Waals surface area contributed by atoms with Gasteiger partial charge in [0.05, 0.1) is 0 Å². The molecule has 0 fully saturated rings. The summed E-state index contributed by atoms with van der Waals surface area (Å²) in [6, 6.07) is 11.6. The monoisotopic (exact) mass is 270 g/mol. The van der Waals surface area contributed by atoms with Gasteiger partial charge < -0.3 is 9.47 Å². The first kappa shape index (κ1) is 12.7. The predicted molar refractivity (Wildman–Crippen MR) is 73.0 cm³/mol. The number of hydrogen-bond donors (Lipinski definition) is 0. The van der Waals surface area contributed by atoms with Crippen molar-refractivity contribution >= 4 is 22.7 Å². The Morgan fingerprint density at radius 3 is 1.70 bits per heavy atom. The van der Waals surface area contributed by atoms with Crippen LogP contribution in [-0.2, 0) is 19.1 Å². The lowest BCUT2D eigenvalue weighted by molar-refractivity contribution is -0.165. The first-order valence-electron chi connectivity index (χ1n) is 6.44. The van der Waals surface area contributed by atoms with E-state index < -0.39 is 24.1 Å². The highest BCUT2D eigenvalue weighted by Crippen LogP contribution is 2.47. The fourth-order valence-corrected chi connectivity index (χ4v) is 2.81. The molecule has 0 saturated carbocycles. The van der Waals surface area contributed by atoms with Crippen LogP contribution in [0.15, 0.2) is 36.4 Å². The first-order chi connectivity index (χ1) is 9.58. The highest BCUT2D eigenvalue weighted by molar-refractivity contribution is 5.92. The van der Waals surface area contributed by atoms with Crippen molar-refractivity contribution in [2.75, 3.05) is 0 Å². The third-order valence-electron chi connectivity index (χ3n) is 3.44. The Bertz CT molecular complexity index is 648. The van der Waals surface area contributed by atoms with Gasteiger partial charge in [0.2, 0.25) is 0 Å². The van der Waals surface area contributed by atoms with Crippen LogP contribution in [0.2, 0.25) is 0 Å². The number of esters is 2. The van der Waals surface area contributed by atoms with Gasteiger partial charge in [-0.2, -0.15) is 0 Å². The molecule has 2 aromatic carbocycles. The molecule has 2 atom stereocenters. The van der Waals surface area contributed by atoms with Gasteiger partial charge in [0.1, 0.15) is 0 Å². The van der Waals surface area contributed by atoms with Crippen molar-refractivity contribution in [2.24, 2.45) is 0 Å². The van der Waals surface area contributed by atoms with Crippen molar-refractivity contribution in [3.05, 3.63) is 47.5 Å². The summed E-state index contributed by atoms with van der Waals surface area (Å²) in [4.78, 5) is 22.7. The topological polar surface area (TPSA) is 52.6 Å². The van der Waals surface area contributed by atoms with Crippen molar-refractivity contribution in [1.82, 2.24) is 0 Å². The molecule has 0 N–H and O–H groups in total. The lowest BCUT2D eigenvalue weighted by Gasteiger charge is -2.21. The predicted octanol–water partition coefficient (Wildman–Crippen LogP) is 3.06. The van der Waals surface area contributed by atoms with E-state index in [1.54, 1.807) is 0 Å². The summed E-state index contributed by atoms with van der Waals surface area (Å²) in [5.41, 5.74) is 1.78. The van der Waals surface area contributed by atoms with E-state index in [-0.39, 0.29) is 0 Å². The van der Waals surface area contributed by atoms with Crippen molar-refractivity contribution in [3.8, 4) is 0 Å². The zero-order chi connectivity index (χ0) is 14.3. The maximum Gasteiger partial charge on any atom is 0.303 e. The fourth-order valence-electron chi connectivity index (χ4n) is 2.81. The third kappa shape index (κ3) is 1.93. The Balaban J connectivity index is 2.17. The van der Waals surface area contributed by atoms with E-state index in [2.05, 4.69) is 0 Å². The summed E-state index contributed by atoms with van der Waals surface area (Å²) in [7, 11) is 0. The van der Waals surface area contributed by atoms with Crippen LogP contribution in [0.1, 0.15) is 37.2 Å². The Hall–Kier alpha value is -2.36. The molecule has 102 valence electrons. The molecule has 0 saturated heterocycles. The Kier molecular flexibility index (Phi) is 2.93. The normalized spacial score (nSPS) is 19.9. The SMILES string of the molecule is CC(=O)OC1c2cccc3cccc(c23)C1OC(C)=O. The molecule has 0 aliphatic heterocycles. The maximum atomic E-state index is 11.3. The molecular formula is C16H14O4. The largest absolute Gasteiger partial charge is 0.453 e. The van der Waals surface area contributed by atoms with Crippen molar-refractivity contribution in [1.29, 1.82) is 0 Å². The van der Waals surface area contributed by atoms with E-state index in [1.807, 2.05) is 36.4 Å². The van der Waals surface area contributed by atoms with Crippen LogP contribution in [0, 0.1) is 0 Å². The standard InChI is InChI=1S/C16H14O4/c1-9(17)19-15-12-7-3-5-11-6-4-8-13(14(11)12)16(15)20-10(2)18/h3-8,15-16H,1-2H3. The minimum Gasteiger partial charge on any atom is -0.453 e. The molecule has 0 radical (unpaired) electrons. The second-order valence-corrected chi connectivity index (χ2v) is 4.85. The van der Waals surface area contributed by atoms with Crippen molar-refractivity contribution < 1.29 is 19.1 Å². The van der Waals surface area contributed by atoms with Crippen LogP contribution < -0.4 is 0 Å². The van der Waals surface area contributed by atoms with Crippen LogP contribution >= 0.6 is 0 Å². The molecule has 0 amide bonds. The molecule has 0 heterocycles. The van der Waals surface area contributed by atoms with E-state index in [9.17, 15) is 9.59 Å². The van der Waals surface area contributed by atoms with Gasteiger partial charge >= 0.3 is 11.9 Å². The van der Waals surface area contributed by atoms with Crippen LogP contribution in [0.3, 0.4) is 0 Å². The van der Waals surface area contributed by atoms with Gasteiger partial charge in [-0.3, -0.25) is 9.59 Å². The van der Waals surface area contributed by atoms with Crippen LogP contribution in [0.5, 0.6) is 0 Å². The lowest BCUT2D eigenvalue weighted by atomic mass is 10.1. The molecule has 2 unspecified atom stereocenters. The molecule has 0 spiro atoms. The maximum absolute atomic E-state index is 11.3. The smallest absolute Gasteiger partial charge is 0.303 e. The molecule has 1 aliphatic rings. The Morgan fingerprint density at radius 1 is 0.850 bits per heavy atom. The molecule has 4 heteroatoms. The molecule has 0 bridgehead atoms. The number of benzene rings is 2. The number of hydrogen-bond acceptors (Lipinski definition) is 4. The Labute approximate surface area is 116 Å². The number of carbonyl (C=O) groups is 2. The number of carbonyl (C=O) groups excluding carboxylic acids is 2. The third-order valence-corrected chi connectivity index (χ3v) is 3.44. The first-order valence-corrected chi connectivity index (χ1v) is 6.44. The molecule has 20 heavy (non-hydrogen) atoms. The van der Waals surface area contributed by atoms with Gasteiger partial charge in [-0.05, 0) is 10.8 Å². The minimum atomic E-state index is -0.572. The van der Waals surface area contributed by atoms with E-state index >= 15 is 0 Å². The van der Waals surface area contributed by atoms with Crippen molar-refractivity contribution in [2.45, 2.75) is 26.1 Å². The molecule has 2 aromatic rings. The van der Waals surface area contributed by atoms with Crippen LogP contribution in [0.25, 0.3) is 10.8 Å². The Morgan fingerprint density at radius 2 is 1.30 bits per heavy atom. The van der Waals surface area contributed by atoms with Crippen LogP contribution in [0.4, 0.5) is 0 Å². The molecule has 0 aromatic heterocycles. The van der Waals surface area contributed by atoms with Gasteiger partial charge in [-0.15, -0.1) is 0 Å². The molecular weight excluding hydrogens is 256 g/mol. The summed E-state index contributed by atoms with van der Waals surface area (Å²) < 4.78 is 10.8. The average molecular weight is 270 g/mol. The van der Waals surface area contributed by atoms with Gasteiger partial charge in [-0.25, -0.2) is 0 Å². The van der Waals surface area contributed by atoms with E-state index in [1.165, 1.54) is 13.8 Å². The average Bonchev–Trinajstić information content (AvgIpc) is 2.67. The highest BCUT2D eigenvalue weighted by atomic mass is 16.6. The summed E-state index contributed by atoms with van der Waals surface area (Å²) >= 11 is 0. The highest BCUT2D eigenvalue weighted by Gasteiger charge is 2.38. The van der Waals surface area contributed by atoms with Gasteiger partial charge in [0.15, 0.2) is 12.2 Å². The zero-order valence-electron chi connectivity index (χ0n) is 11.3. The number of rotatable bonds is 2. The lowest BCUT2D eigenvalue weighted by Crippen LogP contribution is -2.17. The van der Waals surface area contributed by atoms with Gasteiger partial charge in [0.25, 0.3) is 0 Å². The summed E-state index contributed by atoms with van der Waals surface area (Å²) in [5.74, 6) is -0.783. The fraction of sp³-hybridized carbons (Fsp3) is 0.250. The van der Waals surface area contributed by atoms with Crippen molar-refractivity contribution in [3.63, 3.8) is 0 Å². The van der Waals surface area contributed by atoms with Gasteiger partial charge in [0, 0.05) is 25.0 Å².